The molecule has 1 aromatic carbocycles. The van der Waals surface area contributed by atoms with Crippen LogP contribution in [0.5, 0.6) is 0 Å². The van der Waals surface area contributed by atoms with Gasteiger partial charge in [-0.3, -0.25) is 4.79 Å². The van der Waals surface area contributed by atoms with Crippen molar-refractivity contribution in [2.24, 2.45) is 0 Å². The van der Waals surface area contributed by atoms with Crippen LogP contribution in [0.4, 0.5) is 26.0 Å². The minimum Gasteiger partial charge on any atom is -0.366 e. The van der Waals surface area contributed by atoms with Crippen LogP contribution in [0.1, 0.15) is 49.4 Å². The first-order valence-electron chi connectivity index (χ1n) is 10.2. The zero-order chi connectivity index (χ0) is 21.8. The van der Waals surface area contributed by atoms with Gasteiger partial charge < -0.3 is 15.4 Å². The third-order valence-electron chi connectivity index (χ3n) is 5.11. The van der Waals surface area contributed by atoms with Gasteiger partial charge in [0.15, 0.2) is 5.82 Å². The molecule has 1 saturated carbocycles. The average Bonchev–Trinajstić information content (AvgIpc) is 3.43. The Morgan fingerprint density at radius 2 is 2.06 bits per heavy atom. The second kappa shape index (κ2) is 9.78. The number of fused-ring (bicyclic) bond motifs is 1. The molecule has 0 aliphatic heterocycles. The Morgan fingerprint density at radius 3 is 2.84 bits per heavy atom. The third kappa shape index (κ3) is 4.74. The summed E-state index contributed by atoms with van der Waals surface area (Å²) >= 11 is 2.66. The van der Waals surface area contributed by atoms with Crippen molar-refractivity contribution in [3.05, 3.63) is 41.0 Å². The maximum atomic E-state index is 14.8. The minimum absolute atomic E-state index is 0.121. The minimum atomic E-state index is -0.838. The van der Waals surface area contributed by atoms with Crippen molar-refractivity contribution in [1.82, 2.24) is 9.97 Å². The zero-order valence-corrected chi connectivity index (χ0v) is 18.6. The van der Waals surface area contributed by atoms with Crippen molar-refractivity contribution in [1.29, 1.82) is 0 Å². The van der Waals surface area contributed by atoms with Crippen molar-refractivity contribution < 1.29 is 13.6 Å². The van der Waals surface area contributed by atoms with Crippen molar-refractivity contribution in [2.45, 2.75) is 45.1 Å². The second-order valence-corrected chi connectivity index (χ2v) is 9.14. The first kappa shape index (κ1) is 21.8. The number of carbonyl (C=O) groups excluding carboxylic acids is 1. The smallest absolute Gasteiger partial charge is 0.258 e. The van der Waals surface area contributed by atoms with E-state index in [0.717, 1.165) is 35.8 Å². The first-order valence-corrected chi connectivity index (χ1v) is 12.1. The molecule has 1 fully saturated rings. The Bertz CT molecular complexity index is 1090. The van der Waals surface area contributed by atoms with Gasteiger partial charge in [0.25, 0.3) is 5.91 Å². The van der Waals surface area contributed by atoms with Crippen LogP contribution in [0, 0.1) is 11.6 Å². The number of hydrogen-bond donors (Lipinski definition) is 3. The normalized spacial score (nSPS) is 14.2. The van der Waals surface area contributed by atoms with Crippen LogP contribution in [0.2, 0.25) is 0 Å². The van der Waals surface area contributed by atoms with Crippen LogP contribution in [-0.2, 0) is 0 Å². The van der Waals surface area contributed by atoms with Gasteiger partial charge in [0, 0.05) is 17.2 Å². The lowest BCUT2D eigenvalue weighted by Crippen LogP contribution is -2.16. The number of nitrogens with one attached hydrogen (secondary N) is 3. The molecule has 1 aliphatic carbocycles. The molecule has 6 nitrogen and oxygen atoms in total. The number of amides is 1. The molecular formula is C21H23F2N5OS2. The highest BCUT2D eigenvalue weighted by atomic mass is 32.2. The van der Waals surface area contributed by atoms with E-state index in [1.807, 2.05) is 6.92 Å². The highest BCUT2D eigenvalue weighted by molar-refractivity contribution is 8.00. The molecule has 10 heteroatoms. The lowest BCUT2D eigenvalue weighted by Gasteiger charge is -2.13. The molecule has 2 heterocycles. The molecule has 1 aliphatic rings. The van der Waals surface area contributed by atoms with E-state index in [1.54, 1.807) is 5.38 Å². The predicted octanol–water partition coefficient (Wildman–Crippen LogP) is 6.05. The zero-order valence-electron chi connectivity index (χ0n) is 17.0. The highest BCUT2D eigenvalue weighted by Crippen LogP contribution is 2.33. The van der Waals surface area contributed by atoms with E-state index in [0.29, 0.717) is 17.4 Å². The van der Waals surface area contributed by atoms with Gasteiger partial charge in [-0.2, -0.15) is 0 Å². The van der Waals surface area contributed by atoms with Gasteiger partial charge in [0.1, 0.15) is 23.6 Å². The molecule has 0 bridgehead atoms. The largest absolute Gasteiger partial charge is 0.366 e. The van der Waals surface area contributed by atoms with E-state index < -0.39 is 23.2 Å². The van der Waals surface area contributed by atoms with Crippen LogP contribution >= 0.6 is 23.3 Å². The Balaban J connectivity index is 1.57. The van der Waals surface area contributed by atoms with E-state index in [-0.39, 0.29) is 11.3 Å². The quantitative estimate of drug-likeness (QED) is 0.279. The summed E-state index contributed by atoms with van der Waals surface area (Å²) in [4.78, 5) is 21.5. The summed E-state index contributed by atoms with van der Waals surface area (Å²) in [6, 6.07) is 2.81. The van der Waals surface area contributed by atoms with Crippen LogP contribution < -0.4 is 15.4 Å². The molecule has 0 atom stereocenters. The van der Waals surface area contributed by atoms with Crippen LogP contribution in [0.3, 0.4) is 0 Å². The second-order valence-electron chi connectivity index (χ2n) is 7.36. The van der Waals surface area contributed by atoms with Gasteiger partial charge in [-0.25, -0.2) is 18.7 Å². The Hall–Kier alpha value is -2.46. The lowest BCUT2D eigenvalue weighted by molar-refractivity contribution is 0.102. The number of halogens is 2. The Labute approximate surface area is 187 Å². The summed E-state index contributed by atoms with van der Waals surface area (Å²) in [5.41, 5.74) is 0.362. The van der Waals surface area contributed by atoms with E-state index in [2.05, 4.69) is 25.3 Å². The molecule has 0 unspecified atom stereocenters. The van der Waals surface area contributed by atoms with E-state index in [9.17, 15) is 13.6 Å². The topological polar surface area (TPSA) is 78.9 Å². The Morgan fingerprint density at radius 1 is 1.26 bits per heavy atom. The van der Waals surface area contributed by atoms with Gasteiger partial charge >= 0.3 is 0 Å². The van der Waals surface area contributed by atoms with E-state index in [1.165, 1.54) is 48.5 Å². The summed E-state index contributed by atoms with van der Waals surface area (Å²) in [5, 5.41) is 7.46. The van der Waals surface area contributed by atoms with Gasteiger partial charge in [0.05, 0.1) is 21.5 Å². The molecule has 0 spiro atoms. The molecule has 0 saturated heterocycles. The summed E-state index contributed by atoms with van der Waals surface area (Å²) < 4.78 is 32.7. The average molecular weight is 464 g/mol. The van der Waals surface area contributed by atoms with Crippen LogP contribution in [0.15, 0.2) is 23.8 Å². The highest BCUT2D eigenvalue weighted by Gasteiger charge is 2.22. The maximum absolute atomic E-state index is 14.8. The Kier molecular flexibility index (Phi) is 6.86. The number of anilines is 3. The maximum Gasteiger partial charge on any atom is 0.258 e. The van der Waals surface area contributed by atoms with Gasteiger partial charge in [-0.05, 0) is 31.4 Å². The van der Waals surface area contributed by atoms with Crippen LogP contribution in [-0.4, -0.2) is 27.7 Å². The SMILES string of the molecule is CCCSNc1ccc(F)c(NC(=O)c2csc3c(NC4CCCC4)ncnc23)c1F. The molecule has 0 radical (unpaired) electrons. The molecule has 4 rings (SSSR count). The number of carbonyl (C=O) groups is 1. The van der Waals surface area contributed by atoms with Crippen molar-refractivity contribution >= 4 is 56.6 Å². The number of hydrogen-bond acceptors (Lipinski definition) is 7. The monoisotopic (exact) mass is 463 g/mol. The van der Waals surface area contributed by atoms with Crippen molar-refractivity contribution in [3.63, 3.8) is 0 Å². The van der Waals surface area contributed by atoms with Gasteiger partial charge in [-0.1, -0.05) is 31.7 Å². The molecule has 164 valence electrons. The van der Waals surface area contributed by atoms with E-state index in [4.69, 9.17) is 0 Å². The molecule has 1 amide bonds. The molecule has 3 N–H and O–H groups in total. The van der Waals surface area contributed by atoms with Gasteiger partial charge in [0.2, 0.25) is 0 Å². The molecule has 2 aromatic heterocycles. The molecule has 31 heavy (non-hydrogen) atoms. The predicted molar refractivity (Wildman–Crippen MR) is 124 cm³/mol. The van der Waals surface area contributed by atoms with E-state index >= 15 is 0 Å². The number of rotatable bonds is 8. The van der Waals surface area contributed by atoms with Crippen molar-refractivity contribution in [2.75, 3.05) is 21.1 Å². The fourth-order valence-electron chi connectivity index (χ4n) is 3.54. The van der Waals surface area contributed by atoms with Gasteiger partial charge in [-0.15, -0.1) is 11.3 Å². The third-order valence-corrected chi connectivity index (χ3v) is 7.06. The summed E-state index contributed by atoms with van der Waals surface area (Å²) in [6.45, 7) is 2.00. The number of benzene rings is 1. The number of thiophene rings is 1. The van der Waals surface area contributed by atoms with Crippen LogP contribution in [0.25, 0.3) is 10.2 Å². The van der Waals surface area contributed by atoms with Crippen molar-refractivity contribution in [3.8, 4) is 0 Å². The standard InChI is InChI=1S/C21H23F2N5OS2/c1-2-9-31-28-15-8-7-14(22)18(16(15)23)27-21(29)13-10-30-19-17(13)24-11-25-20(19)26-12-5-3-4-6-12/h7-8,10-12,28H,2-6,9H2,1H3,(H,27,29)(H,24,25,26). The molecular weight excluding hydrogens is 440 g/mol. The summed E-state index contributed by atoms with van der Waals surface area (Å²) in [7, 11) is 0. The molecule has 3 aromatic rings. The number of nitrogens with zero attached hydrogens (tertiary/aromatic N) is 2. The lowest BCUT2D eigenvalue weighted by atomic mass is 10.2. The summed E-state index contributed by atoms with van der Waals surface area (Å²) in [5.74, 6) is -0.828. The number of aromatic nitrogens is 2. The first-order chi connectivity index (χ1) is 15.1. The summed E-state index contributed by atoms with van der Waals surface area (Å²) in [6.07, 6.45) is 6.86. The fraction of sp³-hybridized carbons (Fsp3) is 0.381. The fourth-order valence-corrected chi connectivity index (χ4v) is 5.11.